The van der Waals surface area contributed by atoms with Gasteiger partial charge in [0.2, 0.25) is 5.91 Å². The summed E-state index contributed by atoms with van der Waals surface area (Å²) >= 11 is 0. The molecule has 7 nitrogen and oxygen atoms in total. The molecule has 1 N–H and O–H groups in total. The van der Waals surface area contributed by atoms with Crippen LogP contribution in [0.25, 0.3) is 0 Å². The van der Waals surface area contributed by atoms with Gasteiger partial charge in [0.25, 0.3) is 0 Å². The van der Waals surface area contributed by atoms with Gasteiger partial charge in [-0.2, -0.15) is 4.98 Å². The lowest BCUT2D eigenvalue weighted by Crippen LogP contribution is -2.42. The van der Waals surface area contributed by atoms with Gasteiger partial charge < -0.3 is 10.0 Å². The number of aromatic carboxylic acids is 1. The minimum Gasteiger partial charge on any atom is -0.478 e. The van der Waals surface area contributed by atoms with Crippen molar-refractivity contribution >= 4 is 11.9 Å². The highest BCUT2D eigenvalue weighted by Gasteiger charge is 2.24. The van der Waals surface area contributed by atoms with Crippen LogP contribution in [0.1, 0.15) is 40.2 Å². The molecule has 1 aromatic carbocycles. The van der Waals surface area contributed by atoms with Crippen molar-refractivity contribution in [2.45, 2.75) is 39.7 Å². The van der Waals surface area contributed by atoms with Gasteiger partial charge in [-0.3, -0.25) is 9.36 Å². The molecule has 0 bridgehead atoms. The lowest BCUT2D eigenvalue weighted by atomic mass is 9.89. The number of hydrogen-bond acceptors (Lipinski definition) is 4. The zero-order chi connectivity index (χ0) is 20.3. The number of carboxylic acids is 1. The normalized spacial score (nSPS) is 14.9. The third kappa shape index (κ3) is 4.65. The average Bonchev–Trinajstić information content (AvgIpc) is 2.65. The van der Waals surface area contributed by atoms with Crippen molar-refractivity contribution in [3.05, 3.63) is 63.3 Å². The number of nitrogens with zero attached hydrogens (tertiary/aromatic N) is 3. The fraction of sp³-hybridized carbons (Fsp3) is 0.429. The van der Waals surface area contributed by atoms with Gasteiger partial charge in [-0.15, -0.1) is 0 Å². The molecule has 2 aromatic rings. The standard InChI is InChI=1S/C21H25N3O4/c1-14-10-15(2)24(21(28)22-14)13-19(25)23-8-6-16(7-9-23)11-17-4-3-5-18(12-17)20(26)27/h3-5,10,12,16H,6-9,11,13H2,1-2H3,(H,26,27). The van der Waals surface area contributed by atoms with Gasteiger partial charge in [0.05, 0.1) is 5.56 Å². The molecule has 1 aromatic heterocycles. The van der Waals surface area contributed by atoms with Crippen LogP contribution in [0, 0.1) is 19.8 Å². The van der Waals surface area contributed by atoms with Gasteiger partial charge in [-0.05, 0) is 62.8 Å². The first-order valence-corrected chi connectivity index (χ1v) is 9.48. The summed E-state index contributed by atoms with van der Waals surface area (Å²) in [4.78, 5) is 41.5. The van der Waals surface area contributed by atoms with Crippen LogP contribution in [0.4, 0.5) is 0 Å². The Morgan fingerprint density at radius 2 is 1.89 bits per heavy atom. The van der Waals surface area contributed by atoms with Gasteiger partial charge in [-0.1, -0.05) is 12.1 Å². The molecular weight excluding hydrogens is 358 g/mol. The summed E-state index contributed by atoms with van der Waals surface area (Å²) in [6, 6.07) is 8.83. The number of aryl methyl sites for hydroxylation is 2. The Kier molecular flexibility index (Phi) is 5.92. The predicted molar refractivity (Wildman–Crippen MR) is 104 cm³/mol. The number of likely N-dealkylation sites (tertiary alicyclic amines) is 1. The maximum absolute atomic E-state index is 12.6. The molecule has 1 fully saturated rings. The molecule has 0 saturated carbocycles. The fourth-order valence-corrected chi connectivity index (χ4v) is 3.75. The van der Waals surface area contributed by atoms with Crippen molar-refractivity contribution in [3.8, 4) is 0 Å². The van der Waals surface area contributed by atoms with E-state index in [0.717, 1.165) is 30.5 Å². The molecular formula is C21H25N3O4. The maximum Gasteiger partial charge on any atom is 0.348 e. The molecule has 1 aliphatic rings. The third-order valence-corrected chi connectivity index (χ3v) is 5.31. The summed E-state index contributed by atoms with van der Waals surface area (Å²) in [5.74, 6) is -0.570. The van der Waals surface area contributed by atoms with Crippen molar-refractivity contribution in [3.63, 3.8) is 0 Å². The van der Waals surface area contributed by atoms with E-state index in [1.807, 2.05) is 6.07 Å². The van der Waals surface area contributed by atoms with Gasteiger partial charge in [0.15, 0.2) is 0 Å². The predicted octanol–water partition coefficient (Wildman–Crippen LogP) is 2.04. The van der Waals surface area contributed by atoms with Crippen molar-refractivity contribution in [2.24, 2.45) is 5.92 Å². The van der Waals surface area contributed by atoms with Gasteiger partial charge in [-0.25, -0.2) is 9.59 Å². The number of piperidine rings is 1. The Bertz CT molecular complexity index is 943. The first kappa shape index (κ1) is 19.8. The number of carbonyl (C=O) groups excluding carboxylic acids is 1. The minimum absolute atomic E-state index is 0.0171. The summed E-state index contributed by atoms with van der Waals surface area (Å²) in [5, 5.41) is 9.11. The molecule has 148 valence electrons. The summed E-state index contributed by atoms with van der Waals surface area (Å²) in [5.41, 5.74) is 2.31. The Hall–Kier alpha value is -2.96. The number of amides is 1. The maximum atomic E-state index is 12.6. The molecule has 0 aliphatic carbocycles. The second-order valence-electron chi connectivity index (χ2n) is 7.44. The number of carboxylic acid groups (broad SMARTS) is 1. The van der Waals surface area contributed by atoms with E-state index < -0.39 is 5.97 Å². The highest BCUT2D eigenvalue weighted by atomic mass is 16.4. The highest BCUT2D eigenvalue weighted by Crippen LogP contribution is 2.22. The van der Waals surface area contributed by atoms with Crippen LogP contribution in [-0.4, -0.2) is 44.5 Å². The van der Waals surface area contributed by atoms with Crippen molar-refractivity contribution in [1.82, 2.24) is 14.5 Å². The van der Waals surface area contributed by atoms with E-state index in [-0.39, 0.29) is 18.1 Å². The average molecular weight is 383 g/mol. The number of rotatable bonds is 5. The summed E-state index contributed by atoms with van der Waals surface area (Å²) in [6.45, 7) is 4.88. The second-order valence-corrected chi connectivity index (χ2v) is 7.44. The lowest BCUT2D eigenvalue weighted by molar-refractivity contribution is -0.133. The molecule has 0 atom stereocenters. The Morgan fingerprint density at radius 1 is 1.18 bits per heavy atom. The molecule has 1 aliphatic heterocycles. The number of hydrogen-bond donors (Lipinski definition) is 1. The van der Waals surface area contributed by atoms with Crippen LogP contribution in [0.3, 0.4) is 0 Å². The van der Waals surface area contributed by atoms with E-state index in [1.165, 1.54) is 4.57 Å². The zero-order valence-corrected chi connectivity index (χ0v) is 16.2. The molecule has 0 unspecified atom stereocenters. The SMILES string of the molecule is Cc1cc(C)n(CC(=O)N2CCC(Cc3cccc(C(=O)O)c3)CC2)c(=O)n1. The molecule has 1 saturated heterocycles. The van der Waals surface area contributed by atoms with Crippen molar-refractivity contribution < 1.29 is 14.7 Å². The van der Waals surface area contributed by atoms with Crippen LogP contribution >= 0.6 is 0 Å². The summed E-state index contributed by atoms with van der Waals surface area (Å²) < 4.78 is 1.42. The number of carbonyl (C=O) groups is 2. The quantitative estimate of drug-likeness (QED) is 0.853. The van der Waals surface area contributed by atoms with Gasteiger partial charge in [0, 0.05) is 24.5 Å². The molecule has 1 amide bonds. The van der Waals surface area contributed by atoms with Crippen LogP contribution in [0.15, 0.2) is 35.1 Å². The minimum atomic E-state index is -0.918. The Balaban J connectivity index is 1.57. The van der Waals surface area contributed by atoms with Crippen LogP contribution in [-0.2, 0) is 17.8 Å². The first-order valence-electron chi connectivity index (χ1n) is 9.48. The van der Waals surface area contributed by atoms with E-state index in [2.05, 4.69) is 4.98 Å². The van der Waals surface area contributed by atoms with Crippen LogP contribution in [0.2, 0.25) is 0 Å². The monoisotopic (exact) mass is 383 g/mol. The highest BCUT2D eigenvalue weighted by molar-refractivity contribution is 5.87. The van der Waals surface area contributed by atoms with Gasteiger partial charge >= 0.3 is 11.7 Å². The Labute approximate surface area is 163 Å². The topological polar surface area (TPSA) is 92.5 Å². The smallest absolute Gasteiger partial charge is 0.348 e. The van der Waals surface area contributed by atoms with E-state index >= 15 is 0 Å². The third-order valence-electron chi connectivity index (χ3n) is 5.31. The lowest BCUT2D eigenvalue weighted by Gasteiger charge is -2.32. The summed E-state index contributed by atoms with van der Waals surface area (Å²) in [6.07, 6.45) is 2.54. The van der Waals surface area contributed by atoms with Crippen molar-refractivity contribution in [2.75, 3.05) is 13.1 Å². The number of benzene rings is 1. The first-order chi connectivity index (χ1) is 13.3. The Morgan fingerprint density at radius 3 is 2.54 bits per heavy atom. The number of aromatic nitrogens is 2. The fourth-order valence-electron chi connectivity index (χ4n) is 3.75. The van der Waals surface area contributed by atoms with E-state index in [1.54, 1.807) is 43.0 Å². The van der Waals surface area contributed by atoms with E-state index in [0.29, 0.717) is 30.3 Å². The van der Waals surface area contributed by atoms with Crippen LogP contribution < -0.4 is 5.69 Å². The summed E-state index contributed by atoms with van der Waals surface area (Å²) in [7, 11) is 0. The van der Waals surface area contributed by atoms with E-state index in [4.69, 9.17) is 5.11 Å². The molecule has 7 heteroatoms. The molecule has 2 heterocycles. The van der Waals surface area contributed by atoms with Crippen molar-refractivity contribution in [1.29, 1.82) is 0 Å². The molecule has 28 heavy (non-hydrogen) atoms. The second kappa shape index (κ2) is 8.37. The zero-order valence-electron chi connectivity index (χ0n) is 16.2. The van der Waals surface area contributed by atoms with Gasteiger partial charge in [0.1, 0.15) is 6.54 Å². The molecule has 0 radical (unpaired) electrons. The molecule has 0 spiro atoms. The largest absolute Gasteiger partial charge is 0.478 e. The molecule has 3 rings (SSSR count). The van der Waals surface area contributed by atoms with Crippen LogP contribution in [0.5, 0.6) is 0 Å². The van der Waals surface area contributed by atoms with E-state index in [9.17, 15) is 14.4 Å².